The number of nitrogen functional groups attached to an aromatic ring is 1. The van der Waals surface area contributed by atoms with Crippen molar-refractivity contribution in [1.29, 1.82) is 0 Å². The van der Waals surface area contributed by atoms with Crippen LogP contribution in [0.3, 0.4) is 0 Å². The van der Waals surface area contributed by atoms with Gasteiger partial charge in [-0.25, -0.2) is 0 Å². The van der Waals surface area contributed by atoms with Crippen LogP contribution >= 0.6 is 23.2 Å². The first kappa shape index (κ1) is 13.7. The zero-order chi connectivity index (χ0) is 13.8. The van der Waals surface area contributed by atoms with Gasteiger partial charge >= 0.3 is 0 Å². The van der Waals surface area contributed by atoms with Gasteiger partial charge in [-0.2, -0.15) is 0 Å². The molecule has 2 aromatic rings. The van der Waals surface area contributed by atoms with E-state index in [-0.39, 0.29) is 12.3 Å². The minimum Gasteiger partial charge on any atom is -0.398 e. The van der Waals surface area contributed by atoms with E-state index in [2.05, 4.69) is 5.32 Å². The molecule has 0 aliphatic rings. The highest BCUT2D eigenvalue weighted by atomic mass is 35.5. The van der Waals surface area contributed by atoms with Gasteiger partial charge in [0.15, 0.2) is 0 Å². The number of nitrogens with one attached hydrogen (secondary N) is 1. The maximum absolute atomic E-state index is 11.9. The molecule has 0 atom stereocenters. The number of benzene rings is 2. The molecule has 0 fully saturated rings. The lowest BCUT2D eigenvalue weighted by molar-refractivity contribution is -0.115. The maximum Gasteiger partial charge on any atom is 0.228 e. The van der Waals surface area contributed by atoms with Gasteiger partial charge in [-0.1, -0.05) is 35.3 Å². The molecule has 0 bridgehead atoms. The fraction of sp³-hybridized carbons (Fsp3) is 0.0714. The van der Waals surface area contributed by atoms with Gasteiger partial charge in [0.1, 0.15) is 0 Å². The number of amides is 1. The van der Waals surface area contributed by atoms with Gasteiger partial charge in [0, 0.05) is 10.7 Å². The molecule has 2 rings (SSSR count). The molecule has 0 saturated carbocycles. The summed E-state index contributed by atoms with van der Waals surface area (Å²) in [6.07, 6.45) is 0.253. The molecule has 2 aromatic carbocycles. The SMILES string of the molecule is Nc1ccc(NC(=O)Cc2cccc(Cl)c2)cc1Cl. The predicted molar refractivity (Wildman–Crippen MR) is 79.7 cm³/mol. The van der Waals surface area contributed by atoms with Crippen LogP contribution in [0, 0.1) is 0 Å². The van der Waals surface area contributed by atoms with Gasteiger partial charge < -0.3 is 11.1 Å². The maximum atomic E-state index is 11.9. The Hall–Kier alpha value is -1.71. The third-order valence-corrected chi connectivity index (χ3v) is 3.10. The summed E-state index contributed by atoms with van der Waals surface area (Å²) >= 11 is 11.7. The zero-order valence-corrected chi connectivity index (χ0v) is 11.5. The van der Waals surface area contributed by atoms with Crippen molar-refractivity contribution in [2.45, 2.75) is 6.42 Å². The molecule has 1 amide bonds. The van der Waals surface area contributed by atoms with Crippen molar-refractivity contribution in [3.8, 4) is 0 Å². The molecule has 0 unspecified atom stereocenters. The summed E-state index contributed by atoms with van der Waals surface area (Å²) in [5.74, 6) is -0.136. The number of carbonyl (C=O) groups excluding carboxylic acids is 1. The third kappa shape index (κ3) is 3.88. The van der Waals surface area contributed by atoms with Crippen molar-refractivity contribution < 1.29 is 4.79 Å². The van der Waals surface area contributed by atoms with Crippen LogP contribution in [0.2, 0.25) is 10.0 Å². The Bertz CT molecular complexity index is 614. The van der Waals surface area contributed by atoms with Crippen LogP contribution in [0.4, 0.5) is 11.4 Å². The molecule has 5 heteroatoms. The van der Waals surface area contributed by atoms with Gasteiger partial charge in [-0.3, -0.25) is 4.79 Å². The minimum absolute atomic E-state index is 0.136. The van der Waals surface area contributed by atoms with Crippen LogP contribution in [-0.2, 0) is 11.2 Å². The van der Waals surface area contributed by atoms with E-state index < -0.39 is 0 Å². The first-order valence-corrected chi connectivity index (χ1v) is 6.39. The van der Waals surface area contributed by atoms with Crippen molar-refractivity contribution in [2.75, 3.05) is 11.1 Å². The van der Waals surface area contributed by atoms with Crippen LogP contribution in [0.1, 0.15) is 5.56 Å². The second kappa shape index (κ2) is 5.95. The van der Waals surface area contributed by atoms with E-state index in [1.165, 1.54) is 0 Å². The lowest BCUT2D eigenvalue weighted by Gasteiger charge is -2.07. The zero-order valence-electron chi connectivity index (χ0n) is 9.99. The van der Waals surface area contributed by atoms with Crippen molar-refractivity contribution in [2.24, 2.45) is 0 Å². The Kier molecular flexibility index (Phi) is 4.30. The van der Waals surface area contributed by atoms with Gasteiger partial charge in [-0.05, 0) is 35.9 Å². The summed E-state index contributed by atoms with van der Waals surface area (Å²) in [4.78, 5) is 11.9. The summed E-state index contributed by atoms with van der Waals surface area (Å²) in [5.41, 5.74) is 7.55. The normalized spacial score (nSPS) is 10.2. The molecule has 19 heavy (non-hydrogen) atoms. The summed E-state index contributed by atoms with van der Waals surface area (Å²) in [6.45, 7) is 0. The van der Waals surface area contributed by atoms with Gasteiger partial charge in [0.05, 0.1) is 17.1 Å². The van der Waals surface area contributed by atoms with Crippen molar-refractivity contribution >= 4 is 40.5 Å². The molecule has 3 N–H and O–H groups in total. The second-order valence-electron chi connectivity index (χ2n) is 4.09. The average molecular weight is 295 g/mol. The van der Waals surface area contributed by atoms with Crippen LogP contribution in [-0.4, -0.2) is 5.91 Å². The Morgan fingerprint density at radius 1 is 1.16 bits per heavy atom. The van der Waals surface area contributed by atoms with E-state index in [1.54, 1.807) is 30.3 Å². The molecule has 3 nitrogen and oxygen atoms in total. The molecular formula is C14H12Cl2N2O. The number of nitrogens with two attached hydrogens (primary N) is 1. The lowest BCUT2D eigenvalue weighted by Crippen LogP contribution is -2.14. The van der Waals surface area contributed by atoms with Crippen LogP contribution < -0.4 is 11.1 Å². The highest BCUT2D eigenvalue weighted by Crippen LogP contribution is 2.22. The Morgan fingerprint density at radius 3 is 2.63 bits per heavy atom. The first-order chi connectivity index (χ1) is 9.04. The third-order valence-electron chi connectivity index (χ3n) is 2.54. The van der Waals surface area contributed by atoms with Crippen molar-refractivity contribution in [3.63, 3.8) is 0 Å². The molecule has 0 saturated heterocycles. The number of anilines is 2. The molecular weight excluding hydrogens is 283 g/mol. The number of rotatable bonds is 3. The summed E-state index contributed by atoms with van der Waals surface area (Å²) in [7, 11) is 0. The first-order valence-electron chi connectivity index (χ1n) is 5.64. The highest BCUT2D eigenvalue weighted by Gasteiger charge is 2.06. The van der Waals surface area contributed by atoms with E-state index >= 15 is 0 Å². The highest BCUT2D eigenvalue weighted by molar-refractivity contribution is 6.33. The predicted octanol–water partition coefficient (Wildman–Crippen LogP) is 3.76. The summed E-state index contributed by atoms with van der Waals surface area (Å²) in [6, 6.07) is 12.2. The Balaban J connectivity index is 2.03. The molecule has 98 valence electrons. The summed E-state index contributed by atoms with van der Waals surface area (Å²) < 4.78 is 0. The van der Waals surface area contributed by atoms with E-state index in [1.807, 2.05) is 12.1 Å². The number of hydrogen-bond donors (Lipinski definition) is 2. The molecule has 0 aliphatic heterocycles. The fourth-order valence-corrected chi connectivity index (χ4v) is 2.04. The lowest BCUT2D eigenvalue weighted by atomic mass is 10.1. The Labute approximate surface area is 121 Å². The van der Waals surface area contributed by atoms with Gasteiger partial charge in [-0.15, -0.1) is 0 Å². The smallest absolute Gasteiger partial charge is 0.228 e. The van der Waals surface area contributed by atoms with E-state index in [4.69, 9.17) is 28.9 Å². The topological polar surface area (TPSA) is 55.1 Å². The van der Waals surface area contributed by atoms with Crippen LogP contribution in [0.5, 0.6) is 0 Å². The van der Waals surface area contributed by atoms with Crippen molar-refractivity contribution in [3.05, 3.63) is 58.1 Å². The van der Waals surface area contributed by atoms with E-state index in [0.29, 0.717) is 21.4 Å². The van der Waals surface area contributed by atoms with Crippen LogP contribution in [0.15, 0.2) is 42.5 Å². The number of carbonyl (C=O) groups is 1. The van der Waals surface area contributed by atoms with E-state index in [9.17, 15) is 4.79 Å². The summed E-state index contributed by atoms with van der Waals surface area (Å²) in [5, 5.41) is 3.78. The molecule has 0 aromatic heterocycles. The van der Waals surface area contributed by atoms with Gasteiger partial charge in [0.25, 0.3) is 0 Å². The number of hydrogen-bond acceptors (Lipinski definition) is 2. The Morgan fingerprint density at radius 2 is 1.95 bits per heavy atom. The number of halogens is 2. The minimum atomic E-state index is -0.136. The van der Waals surface area contributed by atoms with Crippen molar-refractivity contribution in [1.82, 2.24) is 0 Å². The standard InChI is InChI=1S/C14H12Cl2N2O/c15-10-3-1-2-9(6-10)7-14(19)18-11-4-5-13(17)12(16)8-11/h1-6,8H,7,17H2,(H,18,19). The second-order valence-corrected chi connectivity index (χ2v) is 4.93. The van der Waals surface area contributed by atoms with Gasteiger partial charge in [0.2, 0.25) is 5.91 Å². The monoisotopic (exact) mass is 294 g/mol. The molecule has 0 radical (unpaired) electrons. The molecule has 0 aliphatic carbocycles. The quantitative estimate of drug-likeness (QED) is 0.847. The average Bonchev–Trinajstić information content (AvgIpc) is 2.34. The fourth-order valence-electron chi connectivity index (χ4n) is 1.64. The molecule has 0 heterocycles. The van der Waals surface area contributed by atoms with E-state index in [0.717, 1.165) is 5.56 Å². The largest absolute Gasteiger partial charge is 0.398 e. The molecule has 0 spiro atoms. The van der Waals surface area contributed by atoms with Crippen LogP contribution in [0.25, 0.3) is 0 Å².